The number of carbonyl (C=O) groups is 3. The van der Waals surface area contributed by atoms with Gasteiger partial charge in [0.25, 0.3) is 11.8 Å². The third kappa shape index (κ3) is 2.06. The van der Waals surface area contributed by atoms with Crippen LogP contribution >= 0.6 is 0 Å². The maximum absolute atomic E-state index is 12.0. The fourth-order valence-corrected chi connectivity index (χ4v) is 1.98. The molecule has 0 aromatic heterocycles. The Morgan fingerprint density at radius 2 is 1.75 bits per heavy atom. The van der Waals surface area contributed by atoms with E-state index in [9.17, 15) is 14.4 Å². The summed E-state index contributed by atoms with van der Waals surface area (Å²) in [7, 11) is 0. The Bertz CT molecular complexity index is 659. The first-order valence-electron chi connectivity index (χ1n) is 5.82. The van der Waals surface area contributed by atoms with Gasteiger partial charge in [-0.15, -0.1) is 0 Å². The smallest absolute Gasteiger partial charge is 0.261 e. The van der Waals surface area contributed by atoms with E-state index in [1.165, 1.54) is 19.1 Å². The van der Waals surface area contributed by atoms with Crippen molar-refractivity contribution < 1.29 is 14.4 Å². The SMILES string of the molecule is CC(N)=C(C#N)C(=O)CN1C(=O)c2ccccc2C1=O. The van der Waals surface area contributed by atoms with Crippen LogP contribution < -0.4 is 5.73 Å². The maximum Gasteiger partial charge on any atom is 0.261 e. The minimum Gasteiger partial charge on any atom is -0.401 e. The van der Waals surface area contributed by atoms with Crippen molar-refractivity contribution in [3.05, 3.63) is 46.7 Å². The molecule has 1 aliphatic rings. The van der Waals surface area contributed by atoms with Gasteiger partial charge in [-0.1, -0.05) is 12.1 Å². The van der Waals surface area contributed by atoms with E-state index in [2.05, 4.69) is 0 Å². The van der Waals surface area contributed by atoms with Gasteiger partial charge >= 0.3 is 0 Å². The fourth-order valence-electron chi connectivity index (χ4n) is 1.98. The van der Waals surface area contributed by atoms with Crippen LogP contribution in [0, 0.1) is 11.3 Å². The molecule has 6 nitrogen and oxygen atoms in total. The third-order valence-electron chi connectivity index (χ3n) is 2.96. The molecule has 1 heterocycles. The number of nitrogens with zero attached hydrogens (tertiary/aromatic N) is 2. The van der Waals surface area contributed by atoms with Gasteiger partial charge in [-0.2, -0.15) is 5.26 Å². The molecule has 2 N–H and O–H groups in total. The lowest BCUT2D eigenvalue weighted by atomic mass is 10.1. The van der Waals surface area contributed by atoms with Crippen molar-refractivity contribution >= 4 is 17.6 Å². The molecular weight excluding hydrogens is 258 g/mol. The van der Waals surface area contributed by atoms with Gasteiger partial charge in [0.2, 0.25) is 0 Å². The minimum atomic E-state index is -0.651. The number of hydrogen-bond donors (Lipinski definition) is 1. The highest BCUT2D eigenvalue weighted by Crippen LogP contribution is 2.22. The molecule has 6 heteroatoms. The summed E-state index contributed by atoms with van der Waals surface area (Å²) in [4.78, 5) is 36.8. The molecule has 0 radical (unpaired) electrons. The molecule has 0 spiro atoms. The largest absolute Gasteiger partial charge is 0.401 e. The lowest BCUT2D eigenvalue weighted by Crippen LogP contribution is -2.35. The Kier molecular flexibility index (Phi) is 3.36. The number of allylic oxidation sites excluding steroid dienone is 1. The third-order valence-corrected chi connectivity index (χ3v) is 2.96. The maximum atomic E-state index is 12.0. The predicted octanol–water partition coefficient (Wildman–Crippen LogP) is 0.608. The van der Waals surface area contributed by atoms with Crippen molar-refractivity contribution in [1.82, 2.24) is 4.90 Å². The van der Waals surface area contributed by atoms with Crippen LogP contribution in [0.3, 0.4) is 0 Å². The number of nitriles is 1. The number of imide groups is 1. The Morgan fingerprint density at radius 1 is 1.25 bits per heavy atom. The van der Waals surface area contributed by atoms with Crippen molar-refractivity contribution in [2.45, 2.75) is 6.92 Å². The van der Waals surface area contributed by atoms with Crippen molar-refractivity contribution in [3.8, 4) is 6.07 Å². The lowest BCUT2D eigenvalue weighted by molar-refractivity contribution is -0.115. The quantitative estimate of drug-likeness (QED) is 0.491. The average molecular weight is 269 g/mol. The van der Waals surface area contributed by atoms with Crippen LogP contribution in [0.15, 0.2) is 35.5 Å². The molecule has 20 heavy (non-hydrogen) atoms. The zero-order valence-electron chi connectivity index (χ0n) is 10.7. The molecule has 0 saturated carbocycles. The highest BCUT2D eigenvalue weighted by Gasteiger charge is 2.36. The topological polar surface area (TPSA) is 104 Å². The molecular formula is C14H11N3O3. The summed E-state index contributed by atoms with van der Waals surface area (Å²) < 4.78 is 0. The summed E-state index contributed by atoms with van der Waals surface area (Å²) >= 11 is 0. The van der Waals surface area contributed by atoms with Gasteiger partial charge in [0.1, 0.15) is 11.6 Å². The fraction of sp³-hybridized carbons (Fsp3) is 0.143. The zero-order valence-corrected chi connectivity index (χ0v) is 10.7. The summed E-state index contributed by atoms with van der Waals surface area (Å²) in [5.74, 6) is -1.72. The van der Waals surface area contributed by atoms with Crippen molar-refractivity contribution in [2.75, 3.05) is 6.54 Å². The van der Waals surface area contributed by atoms with E-state index in [0.29, 0.717) is 0 Å². The van der Waals surface area contributed by atoms with Crippen molar-refractivity contribution in [2.24, 2.45) is 5.73 Å². The van der Waals surface area contributed by atoms with Gasteiger partial charge in [-0.05, 0) is 19.1 Å². The van der Waals surface area contributed by atoms with E-state index < -0.39 is 24.1 Å². The first-order valence-corrected chi connectivity index (χ1v) is 5.82. The van der Waals surface area contributed by atoms with Gasteiger partial charge < -0.3 is 5.73 Å². The van der Waals surface area contributed by atoms with Crippen molar-refractivity contribution in [1.29, 1.82) is 5.26 Å². The number of hydrogen-bond acceptors (Lipinski definition) is 5. The van der Waals surface area contributed by atoms with E-state index in [0.717, 1.165) is 4.90 Å². The van der Waals surface area contributed by atoms with E-state index in [1.807, 2.05) is 0 Å². The predicted molar refractivity (Wildman–Crippen MR) is 69.3 cm³/mol. The summed E-state index contributed by atoms with van der Waals surface area (Å²) in [6, 6.07) is 8.01. The molecule has 0 atom stereocenters. The first kappa shape index (κ1) is 13.5. The molecule has 0 bridgehead atoms. The molecule has 0 unspecified atom stereocenters. The van der Waals surface area contributed by atoms with Crippen LogP contribution in [-0.2, 0) is 4.79 Å². The van der Waals surface area contributed by atoms with Crippen LogP contribution in [0.2, 0.25) is 0 Å². The number of rotatable bonds is 3. The molecule has 1 aliphatic heterocycles. The Labute approximate surface area is 115 Å². The molecule has 2 amide bonds. The second kappa shape index (κ2) is 4.97. The number of fused-ring (bicyclic) bond motifs is 1. The van der Waals surface area contributed by atoms with E-state index in [-0.39, 0.29) is 22.4 Å². The molecule has 0 aliphatic carbocycles. The number of nitrogens with two attached hydrogens (primary N) is 1. The standard InChI is InChI=1S/C14H11N3O3/c1-8(16)11(6-15)12(18)7-17-13(19)9-4-2-3-5-10(9)14(17)20/h2-5H,7,16H2,1H3. The summed E-state index contributed by atoms with van der Waals surface area (Å²) in [6.07, 6.45) is 0. The minimum absolute atomic E-state index is 0.0640. The van der Waals surface area contributed by atoms with E-state index >= 15 is 0 Å². The Balaban J connectivity index is 2.29. The van der Waals surface area contributed by atoms with Gasteiger partial charge in [0, 0.05) is 5.70 Å². The molecule has 100 valence electrons. The number of carbonyl (C=O) groups excluding carboxylic acids is 3. The van der Waals surface area contributed by atoms with Gasteiger partial charge in [-0.3, -0.25) is 19.3 Å². The molecule has 1 aromatic rings. The van der Waals surface area contributed by atoms with Gasteiger partial charge in [0.05, 0.1) is 17.7 Å². The second-order valence-electron chi connectivity index (χ2n) is 4.34. The van der Waals surface area contributed by atoms with Crippen LogP contribution in [0.5, 0.6) is 0 Å². The molecule has 0 saturated heterocycles. The summed E-state index contributed by atoms with van der Waals surface area (Å²) in [6.45, 7) is 0.933. The van der Waals surface area contributed by atoms with Crippen molar-refractivity contribution in [3.63, 3.8) is 0 Å². The zero-order chi connectivity index (χ0) is 14.9. The second-order valence-corrected chi connectivity index (χ2v) is 4.34. The van der Waals surface area contributed by atoms with E-state index in [1.54, 1.807) is 18.2 Å². The molecule has 1 aromatic carbocycles. The van der Waals surface area contributed by atoms with Crippen LogP contribution in [0.4, 0.5) is 0 Å². The average Bonchev–Trinajstić information content (AvgIpc) is 2.65. The van der Waals surface area contributed by atoms with Crippen LogP contribution in [0.25, 0.3) is 0 Å². The molecule has 0 fully saturated rings. The number of amides is 2. The highest BCUT2D eigenvalue weighted by molar-refractivity contribution is 6.23. The monoisotopic (exact) mass is 269 g/mol. The van der Waals surface area contributed by atoms with Crippen LogP contribution in [0.1, 0.15) is 27.6 Å². The first-order chi connectivity index (χ1) is 9.47. The van der Waals surface area contributed by atoms with Gasteiger partial charge in [-0.25, -0.2) is 0 Å². The van der Waals surface area contributed by atoms with E-state index in [4.69, 9.17) is 11.0 Å². The molecule has 2 rings (SSSR count). The normalized spacial score (nSPS) is 14.7. The lowest BCUT2D eigenvalue weighted by Gasteiger charge is -2.12. The number of Topliss-reactive ketones (excluding diaryl/α,β-unsaturated/α-hetero) is 1. The number of ketones is 1. The Morgan fingerprint density at radius 3 is 2.15 bits per heavy atom. The van der Waals surface area contributed by atoms with Gasteiger partial charge in [0.15, 0.2) is 5.78 Å². The summed E-state index contributed by atoms with van der Waals surface area (Å²) in [5.41, 5.74) is 5.78. The highest BCUT2D eigenvalue weighted by atomic mass is 16.2. The number of benzene rings is 1. The summed E-state index contributed by atoms with van der Waals surface area (Å²) in [5, 5.41) is 8.85. The van der Waals surface area contributed by atoms with Crippen LogP contribution in [-0.4, -0.2) is 29.0 Å². The Hall–Kier alpha value is -2.94.